The van der Waals surface area contributed by atoms with E-state index in [4.69, 9.17) is 4.52 Å². The second-order valence-electron chi connectivity index (χ2n) is 3.71. The van der Waals surface area contributed by atoms with Crippen LogP contribution in [0.4, 0.5) is 5.69 Å². The number of carbonyl (C=O) groups excluding carboxylic acids is 1. The van der Waals surface area contributed by atoms with Crippen molar-refractivity contribution in [2.75, 3.05) is 12.4 Å². The van der Waals surface area contributed by atoms with Gasteiger partial charge in [0.15, 0.2) is 5.76 Å². The second kappa shape index (κ2) is 5.31. The molecule has 0 unspecified atom stereocenters. The molecule has 0 aliphatic heterocycles. The van der Waals surface area contributed by atoms with Crippen molar-refractivity contribution in [1.82, 2.24) is 10.1 Å². The summed E-state index contributed by atoms with van der Waals surface area (Å²) in [6.07, 6.45) is 1.54. The Balaban J connectivity index is 2.03. The van der Waals surface area contributed by atoms with Crippen molar-refractivity contribution in [2.24, 2.45) is 0 Å². The highest BCUT2D eigenvalue weighted by Gasteiger charge is 2.07. The van der Waals surface area contributed by atoms with Crippen LogP contribution in [0.5, 0.6) is 0 Å². The number of ether oxygens (including phenoxy) is 1. The van der Waals surface area contributed by atoms with E-state index in [1.165, 1.54) is 7.11 Å². The van der Waals surface area contributed by atoms with Gasteiger partial charge in [-0.25, -0.2) is 9.78 Å². The fraction of sp³-hybridized carbons (Fsp3) is 0.250. The highest BCUT2D eigenvalue weighted by molar-refractivity contribution is 5.88. The molecule has 0 spiro atoms. The van der Waals surface area contributed by atoms with Crippen LogP contribution in [0.15, 0.2) is 28.9 Å². The van der Waals surface area contributed by atoms with E-state index in [2.05, 4.69) is 20.2 Å². The normalized spacial score (nSPS) is 10.1. The highest BCUT2D eigenvalue weighted by atomic mass is 16.5. The standard InChI is InChI=1S/C12H13N3O3/c1-8-5-10(18-15-8)7-14-9-3-4-13-11(6-9)12(16)17-2/h3-6H,7H2,1-2H3,(H,13,14). The van der Waals surface area contributed by atoms with Crippen molar-refractivity contribution in [1.29, 1.82) is 0 Å². The van der Waals surface area contributed by atoms with Gasteiger partial charge < -0.3 is 14.6 Å². The maximum atomic E-state index is 11.3. The first-order chi connectivity index (χ1) is 8.69. The molecule has 0 aliphatic carbocycles. The first kappa shape index (κ1) is 12.1. The van der Waals surface area contributed by atoms with Gasteiger partial charge in [0.1, 0.15) is 5.69 Å². The number of pyridine rings is 1. The minimum Gasteiger partial charge on any atom is -0.464 e. The zero-order valence-corrected chi connectivity index (χ0v) is 10.1. The molecule has 0 aromatic carbocycles. The van der Waals surface area contributed by atoms with Crippen LogP contribution in [0.25, 0.3) is 0 Å². The number of esters is 1. The number of hydrogen-bond donors (Lipinski definition) is 1. The Kier molecular flexibility index (Phi) is 3.57. The van der Waals surface area contributed by atoms with Crippen LogP contribution in [0.1, 0.15) is 21.9 Å². The van der Waals surface area contributed by atoms with E-state index in [0.29, 0.717) is 6.54 Å². The van der Waals surface area contributed by atoms with Gasteiger partial charge in [-0.3, -0.25) is 0 Å². The van der Waals surface area contributed by atoms with Crippen molar-refractivity contribution in [2.45, 2.75) is 13.5 Å². The molecule has 0 bridgehead atoms. The number of anilines is 1. The van der Waals surface area contributed by atoms with E-state index in [-0.39, 0.29) is 5.69 Å². The predicted octanol–water partition coefficient (Wildman–Crippen LogP) is 1.78. The summed E-state index contributed by atoms with van der Waals surface area (Å²) < 4.78 is 9.66. The number of aromatic nitrogens is 2. The molecular formula is C12H13N3O3. The van der Waals surface area contributed by atoms with E-state index in [1.54, 1.807) is 18.3 Å². The van der Waals surface area contributed by atoms with Crippen molar-refractivity contribution >= 4 is 11.7 Å². The molecule has 0 atom stereocenters. The molecule has 94 valence electrons. The van der Waals surface area contributed by atoms with Crippen LogP contribution in [-0.4, -0.2) is 23.2 Å². The van der Waals surface area contributed by atoms with Gasteiger partial charge >= 0.3 is 5.97 Å². The number of nitrogens with zero attached hydrogens (tertiary/aromatic N) is 2. The first-order valence-corrected chi connectivity index (χ1v) is 5.39. The molecule has 2 aromatic rings. The second-order valence-corrected chi connectivity index (χ2v) is 3.71. The molecule has 6 nitrogen and oxygen atoms in total. The summed E-state index contributed by atoms with van der Waals surface area (Å²) in [5.74, 6) is 0.262. The Morgan fingerprint density at radius 1 is 1.50 bits per heavy atom. The first-order valence-electron chi connectivity index (χ1n) is 5.39. The van der Waals surface area contributed by atoms with E-state index >= 15 is 0 Å². The molecule has 0 radical (unpaired) electrons. The maximum Gasteiger partial charge on any atom is 0.356 e. The average Bonchev–Trinajstić information content (AvgIpc) is 2.81. The molecule has 0 aliphatic rings. The largest absolute Gasteiger partial charge is 0.464 e. The molecule has 0 saturated heterocycles. The van der Waals surface area contributed by atoms with Gasteiger partial charge in [-0.1, -0.05) is 5.16 Å². The Morgan fingerprint density at radius 3 is 3.00 bits per heavy atom. The maximum absolute atomic E-state index is 11.3. The third-order valence-corrected chi connectivity index (χ3v) is 2.30. The summed E-state index contributed by atoms with van der Waals surface area (Å²) in [6, 6.07) is 5.22. The van der Waals surface area contributed by atoms with Crippen molar-refractivity contribution in [3.8, 4) is 0 Å². The van der Waals surface area contributed by atoms with Crippen LogP contribution >= 0.6 is 0 Å². The Labute approximate surface area is 104 Å². The lowest BCUT2D eigenvalue weighted by Gasteiger charge is -2.04. The zero-order chi connectivity index (χ0) is 13.0. The molecule has 2 aromatic heterocycles. The summed E-state index contributed by atoms with van der Waals surface area (Å²) in [4.78, 5) is 15.2. The molecule has 2 heterocycles. The lowest BCUT2D eigenvalue weighted by atomic mass is 10.3. The topological polar surface area (TPSA) is 77.2 Å². The lowest BCUT2D eigenvalue weighted by molar-refractivity contribution is 0.0594. The van der Waals surface area contributed by atoms with Crippen molar-refractivity contribution in [3.05, 3.63) is 41.5 Å². The molecule has 2 rings (SSSR count). The fourth-order valence-electron chi connectivity index (χ4n) is 1.45. The summed E-state index contributed by atoms with van der Waals surface area (Å²) in [6.45, 7) is 2.35. The summed E-state index contributed by atoms with van der Waals surface area (Å²) in [5, 5.41) is 6.90. The highest BCUT2D eigenvalue weighted by Crippen LogP contribution is 2.11. The summed E-state index contributed by atoms with van der Waals surface area (Å²) in [7, 11) is 1.32. The molecule has 0 fully saturated rings. The number of hydrogen-bond acceptors (Lipinski definition) is 6. The molecule has 6 heteroatoms. The minimum atomic E-state index is -0.464. The number of rotatable bonds is 4. The van der Waals surface area contributed by atoms with Gasteiger partial charge in [0, 0.05) is 18.0 Å². The van der Waals surface area contributed by atoms with Gasteiger partial charge in [-0.2, -0.15) is 0 Å². The fourth-order valence-corrected chi connectivity index (χ4v) is 1.45. The molecule has 0 saturated carbocycles. The smallest absolute Gasteiger partial charge is 0.356 e. The SMILES string of the molecule is COC(=O)c1cc(NCc2cc(C)no2)ccn1. The van der Waals surface area contributed by atoms with Crippen LogP contribution in [0.3, 0.4) is 0 Å². The molecule has 1 N–H and O–H groups in total. The van der Waals surface area contributed by atoms with Gasteiger partial charge in [0.05, 0.1) is 19.3 Å². The van der Waals surface area contributed by atoms with E-state index in [9.17, 15) is 4.79 Å². The molecular weight excluding hydrogens is 234 g/mol. The monoisotopic (exact) mass is 247 g/mol. The summed E-state index contributed by atoms with van der Waals surface area (Å²) in [5.41, 5.74) is 1.85. The minimum absolute atomic E-state index is 0.260. The number of aryl methyl sites for hydroxylation is 1. The van der Waals surface area contributed by atoms with Crippen LogP contribution in [-0.2, 0) is 11.3 Å². The van der Waals surface area contributed by atoms with E-state index in [0.717, 1.165) is 17.1 Å². The van der Waals surface area contributed by atoms with Gasteiger partial charge in [0.25, 0.3) is 0 Å². The Bertz CT molecular complexity index is 551. The third kappa shape index (κ3) is 2.85. The van der Waals surface area contributed by atoms with Crippen LogP contribution in [0, 0.1) is 6.92 Å². The van der Waals surface area contributed by atoms with E-state index in [1.807, 2.05) is 13.0 Å². The van der Waals surface area contributed by atoms with Crippen LogP contribution in [0.2, 0.25) is 0 Å². The van der Waals surface area contributed by atoms with Crippen LogP contribution < -0.4 is 5.32 Å². The number of carbonyl (C=O) groups is 1. The van der Waals surface area contributed by atoms with Gasteiger partial charge in [-0.15, -0.1) is 0 Å². The Hall–Kier alpha value is -2.37. The number of methoxy groups -OCH3 is 1. The van der Waals surface area contributed by atoms with Gasteiger partial charge in [0.2, 0.25) is 0 Å². The molecule has 18 heavy (non-hydrogen) atoms. The predicted molar refractivity (Wildman–Crippen MR) is 64.1 cm³/mol. The van der Waals surface area contributed by atoms with E-state index < -0.39 is 5.97 Å². The van der Waals surface area contributed by atoms with Crippen molar-refractivity contribution < 1.29 is 14.1 Å². The summed E-state index contributed by atoms with van der Waals surface area (Å²) >= 11 is 0. The molecule has 0 amide bonds. The zero-order valence-electron chi connectivity index (χ0n) is 10.1. The van der Waals surface area contributed by atoms with Crippen molar-refractivity contribution in [3.63, 3.8) is 0 Å². The third-order valence-electron chi connectivity index (χ3n) is 2.30. The number of nitrogens with one attached hydrogen (secondary N) is 1. The Morgan fingerprint density at radius 2 is 2.33 bits per heavy atom. The quantitative estimate of drug-likeness (QED) is 0.830. The van der Waals surface area contributed by atoms with Gasteiger partial charge in [-0.05, 0) is 19.1 Å². The lowest BCUT2D eigenvalue weighted by Crippen LogP contribution is -2.05. The average molecular weight is 247 g/mol.